The van der Waals surface area contributed by atoms with Crippen LogP contribution in [0.15, 0.2) is 47.4 Å². The maximum Gasteiger partial charge on any atom is 0.330 e. The topological polar surface area (TPSA) is 77.4 Å². The number of nitrogens with one attached hydrogen (secondary N) is 1. The molecule has 0 bridgehead atoms. The molecule has 0 spiro atoms. The Balaban J connectivity index is 1.91. The van der Waals surface area contributed by atoms with E-state index in [1.165, 1.54) is 34.9 Å². The summed E-state index contributed by atoms with van der Waals surface area (Å²) in [6, 6.07) is 7.37. The Morgan fingerprint density at radius 3 is 2.50 bits per heavy atom. The highest BCUT2D eigenvalue weighted by Gasteiger charge is 2.19. The molecule has 1 aliphatic rings. The van der Waals surface area contributed by atoms with Gasteiger partial charge in [-0.15, -0.1) is 0 Å². The van der Waals surface area contributed by atoms with E-state index in [9.17, 15) is 18.8 Å². The van der Waals surface area contributed by atoms with Crippen LogP contribution >= 0.6 is 0 Å². The molecule has 1 aliphatic carbocycles. The molecule has 0 atom stereocenters. The molecular weight excluding hydrogens is 411 g/mol. The van der Waals surface area contributed by atoms with E-state index in [2.05, 4.69) is 5.32 Å². The van der Waals surface area contributed by atoms with Crippen LogP contribution in [0.5, 0.6) is 0 Å². The Labute approximate surface area is 187 Å². The van der Waals surface area contributed by atoms with Gasteiger partial charge in [-0.3, -0.25) is 9.59 Å². The first kappa shape index (κ1) is 23.4. The van der Waals surface area contributed by atoms with Crippen LogP contribution in [0.1, 0.15) is 66.9 Å². The molecule has 3 rings (SSSR count). The summed E-state index contributed by atoms with van der Waals surface area (Å²) < 4.78 is 19.6. The lowest BCUT2D eigenvalue weighted by atomic mass is 10.1. The summed E-state index contributed by atoms with van der Waals surface area (Å²) >= 11 is 0. The third-order valence-electron chi connectivity index (χ3n) is 5.51. The zero-order valence-corrected chi connectivity index (χ0v) is 18.3. The molecule has 2 aromatic rings. The molecule has 0 saturated heterocycles. The van der Waals surface area contributed by atoms with Crippen LogP contribution in [0.4, 0.5) is 4.39 Å². The summed E-state index contributed by atoms with van der Waals surface area (Å²) in [7, 11) is 0. The van der Waals surface area contributed by atoms with E-state index >= 15 is 0 Å². The van der Waals surface area contributed by atoms with Crippen molar-refractivity contribution in [3.05, 3.63) is 75.5 Å². The zero-order valence-electron chi connectivity index (χ0n) is 18.3. The van der Waals surface area contributed by atoms with Crippen LogP contribution < -0.4 is 10.9 Å². The number of rotatable bonds is 7. The van der Waals surface area contributed by atoms with E-state index < -0.39 is 17.4 Å². The second-order valence-corrected chi connectivity index (χ2v) is 7.99. The molecule has 1 aromatic carbocycles. The van der Waals surface area contributed by atoms with Crippen molar-refractivity contribution >= 4 is 18.0 Å². The van der Waals surface area contributed by atoms with Crippen molar-refractivity contribution in [2.75, 3.05) is 6.61 Å². The largest absolute Gasteiger partial charge is 0.463 e. The van der Waals surface area contributed by atoms with Gasteiger partial charge in [-0.25, -0.2) is 9.18 Å². The predicted molar refractivity (Wildman–Crippen MR) is 121 cm³/mol. The van der Waals surface area contributed by atoms with Gasteiger partial charge in [0.25, 0.3) is 11.5 Å². The maximum absolute atomic E-state index is 13.3. The standard InChI is InChI=1S/C25H29FN2O4/c1-2-32-23(29)14-11-19-15-22(24(30)27-21-7-5-3-4-6-8-21)25(31)28(17-19)16-18-9-12-20(26)13-10-18/h9-15,17,21H,2-8,16H2,1H3,(H,27,30)/b14-11+. The van der Waals surface area contributed by atoms with E-state index in [4.69, 9.17) is 4.74 Å². The van der Waals surface area contributed by atoms with Crippen molar-refractivity contribution in [3.8, 4) is 0 Å². The molecule has 1 fully saturated rings. The van der Waals surface area contributed by atoms with Gasteiger partial charge in [-0.2, -0.15) is 0 Å². The van der Waals surface area contributed by atoms with Gasteiger partial charge in [0.15, 0.2) is 0 Å². The van der Waals surface area contributed by atoms with Crippen LogP contribution in [-0.4, -0.2) is 29.1 Å². The van der Waals surface area contributed by atoms with E-state index in [0.717, 1.165) is 44.1 Å². The van der Waals surface area contributed by atoms with Crippen molar-refractivity contribution in [2.45, 2.75) is 58.0 Å². The molecule has 1 N–H and O–H groups in total. The van der Waals surface area contributed by atoms with Gasteiger partial charge in [0, 0.05) is 18.3 Å². The number of carbonyl (C=O) groups excluding carboxylic acids is 2. The number of hydrogen-bond acceptors (Lipinski definition) is 4. The average molecular weight is 441 g/mol. The predicted octanol–water partition coefficient (Wildman–Crippen LogP) is 4.06. The molecular formula is C25H29FN2O4. The Morgan fingerprint density at radius 1 is 1.16 bits per heavy atom. The van der Waals surface area contributed by atoms with Gasteiger partial charge in [0.1, 0.15) is 11.4 Å². The number of halogens is 1. The second kappa shape index (κ2) is 11.4. The van der Waals surface area contributed by atoms with E-state index in [0.29, 0.717) is 5.56 Å². The highest BCUT2D eigenvalue weighted by molar-refractivity contribution is 5.95. The van der Waals surface area contributed by atoms with Gasteiger partial charge in [-0.05, 0) is 55.2 Å². The molecule has 1 saturated carbocycles. The second-order valence-electron chi connectivity index (χ2n) is 7.99. The minimum Gasteiger partial charge on any atom is -0.463 e. The smallest absolute Gasteiger partial charge is 0.330 e. The number of hydrogen-bond donors (Lipinski definition) is 1. The molecule has 1 aromatic heterocycles. The number of esters is 1. The van der Waals surface area contributed by atoms with Crippen LogP contribution in [0.25, 0.3) is 6.08 Å². The lowest BCUT2D eigenvalue weighted by Crippen LogP contribution is -2.39. The minimum absolute atomic E-state index is 0.0161. The van der Waals surface area contributed by atoms with Crippen molar-refractivity contribution in [3.63, 3.8) is 0 Å². The van der Waals surface area contributed by atoms with Gasteiger partial charge >= 0.3 is 5.97 Å². The number of pyridine rings is 1. The lowest BCUT2D eigenvalue weighted by molar-refractivity contribution is -0.137. The Bertz CT molecular complexity index is 1020. The van der Waals surface area contributed by atoms with Crippen LogP contribution in [0.2, 0.25) is 0 Å². The first-order chi connectivity index (χ1) is 15.5. The normalized spacial score (nSPS) is 14.8. The Kier molecular flexibility index (Phi) is 8.36. The summed E-state index contributed by atoms with van der Waals surface area (Å²) in [4.78, 5) is 37.8. The number of nitrogens with zero attached hydrogens (tertiary/aromatic N) is 1. The van der Waals surface area contributed by atoms with Crippen molar-refractivity contribution in [1.29, 1.82) is 0 Å². The number of carbonyl (C=O) groups is 2. The molecule has 1 amide bonds. The fourth-order valence-corrected chi connectivity index (χ4v) is 3.86. The Morgan fingerprint density at radius 2 is 1.84 bits per heavy atom. The molecule has 32 heavy (non-hydrogen) atoms. The van der Waals surface area contributed by atoms with Crippen LogP contribution in [0, 0.1) is 5.82 Å². The summed E-state index contributed by atoms with van der Waals surface area (Å²) in [5, 5.41) is 3.01. The summed E-state index contributed by atoms with van der Waals surface area (Å²) in [5.41, 5.74) is 0.817. The highest BCUT2D eigenvalue weighted by Crippen LogP contribution is 2.17. The molecule has 0 aliphatic heterocycles. The minimum atomic E-state index is -0.506. The number of benzene rings is 1. The molecule has 0 radical (unpaired) electrons. The highest BCUT2D eigenvalue weighted by atomic mass is 19.1. The summed E-state index contributed by atoms with van der Waals surface area (Å²) in [6.07, 6.45) is 10.6. The molecule has 170 valence electrons. The number of ether oxygens (including phenoxy) is 1. The van der Waals surface area contributed by atoms with Gasteiger partial charge in [0.2, 0.25) is 0 Å². The van der Waals surface area contributed by atoms with Gasteiger partial charge in [0.05, 0.1) is 13.2 Å². The van der Waals surface area contributed by atoms with Crippen molar-refractivity contribution in [2.24, 2.45) is 0 Å². The number of aromatic nitrogens is 1. The number of amides is 1. The lowest BCUT2D eigenvalue weighted by Gasteiger charge is -2.17. The van der Waals surface area contributed by atoms with E-state index in [-0.39, 0.29) is 30.6 Å². The van der Waals surface area contributed by atoms with Crippen LogP contribution in [-0.2, 0) is 16.1 Å². The fraction of sp³-hybridized carbons (Fsp3) is 0.400. The zero-order chi connectivity index (χ0) is 22.9. The molecule has 1 heterocycles. The quantitative estimate of drug-likeness (QED) is 0.400. The van der Waals surface area contributed by atoms with E-state index in [1.54, 1.807) is 25.3 Å². The third kappa shape index (κ3) is 6.64. The van der Waals surface area contributed by atoms with Crippen molar-refractivity contribution < 1.29 is 18.7 Å². The van der Waals surface area contributed by atoms with E-state index in [1.807, 2.05) is 0 Å². The maximum atomic E-state index is 13.3. The summed E-state index contributed by atoms with van der Waals surface area (Å²) in [6.45, 7) is 2.14. The average Bonchev–Trinajstić information content (AvgIpc) is 3.04. The van der Waals surface area contributed by atoms with Crippen LogP contribution in [0.3, 0.4) is 0 Å². The first-order valence-corrected chi connectivity index (χ1v) is 11.1. The van der Waals surface area contributed by atoms with Crippen molar-refractivity contribution in [1.82, 2.24) is 9.88 Å². The monoisotopic (exact) mass is 440 g/mol. The molecule has 7 heteroatoms. The third-order valence-corrected chi connectivity index (χ3v) is 5.51. The SMILES string of the molecule is CCOC(=O)/C=C/c1cc(C(=O)NC2CCCCCC2)c(=O)n(Cc2ccc(F)cc2)c1. The Hall–Kier alpha value is -3.22. The van der Waals surface area contributed by atoms with Gasteiger partial charge in [-0.1, -0.05) is 37.8 Å². The first-order valence-electron chi connectivity index (χ1n) is 11.1. The summed E-state index contributed by atoms with van der Waals surface area (Å²) in [5.74, 6) is -1.29. The molecule has 6 nitrogen and oxygen atoms in total. The van der Waals surface area contributed by atoms with Gasteiger partial charge < -0.3 is 14.6 Å². The fourth-order valence-electron chi connectivity index (χ4n) is 3.86. The molecule has 0 unspecified atom stereocenters.